The van der Waals surface area contributed by atoms with Crippen molar-refractivity contribution in [3.05, 3.63) is 70.8 Å². The molecule has 0 N–H and O–H groups in total. The lowest BCUT2D eigenvalue weighted by Gasteiger charge is -2.31. The fourth-order valence-corrected chi connectivity index (χ4v) is 2.63. The lowest BCUT2D eigenvalue weighted by Crippen LogP contribution is -2.29. The van der Waals surface area contributed by atoms with Crippen LogP contribution >= 0.6 is 0 Å². The summed E-state index contributed by atoms with van der Waals surface area (Å²) in [4.78, 5) is 11.0. The molecule has 2 aromatic rings. The van der Waals surface area contributed by atoms with Gasteiger partial charge in [0.2, 0.25) is 0 Å². The van der Waals surface area contributed by atoms with Gasteiger partial charge in [0.25, 0.3) is 0 Å². The van der Waals surface area contributed by atoms with Gasteiger partial charge in [-0.05, 0) is 56.2 Å². The molecule has 0 spiro atoms. The van der Waals surface area contributed by atoms with E-state index in [1.54, 1.807) is 6.07 Å². The van der Waals surface area contributed by atoms with Gasteiger partial charge in [0.05, 0.1) is 0 Å². The smallest absolute Gasteiger partial charge is 0.150 e. The minimum absolute atomic E-state index is 0.365. The lowest BCUT2D eigenvalue weighted by molar-refractivity contribution is 0.112. The average molecular weight is 278 g/mol. The second-order valence-electron chi connectivity index (χ2n) is 6.00. The molecule has 106 valence electrons. The molecule has 1 aliphatic rings. The predicted molar refractivity (Wildman–Crippen MR) is 84.8 cm³/mol. The van der Waals surface area contributed by atoms with Crippen molar-refractivity contribution in [3.63, 3.8) is 0 Å². The largest absolute Gasteiger partial charge is 0.483 e. The summed E-state index contributed by atoms with van der Waals surface area (Å²) in [6, 6.07) is 14.0. The van der Waals surface area contributed by atoms with E-state index >= 15 is 0 Å². The molecule has 0 saturated heterocycles. The van der Waals surface area contributed by atoms with Crippen LogP contribution in [0, 0.1) is 6.92 Å². The van der Waals surface area contributed by atoms with E-state index in [1.165, 1.54) is 5.56 Å². The normalized spacial score (nSPS) is 15.7. The van der Waals surface area contributed by atoms with Gasteiger partial charge in [-0.1, -0.05) is 29.8 Å². The van der Waals surface area contributed by atoms with Gasteiger partial charge in [0, 0.05) is 11.1 Å². The van der Waals surface area contributed by atoms with Crippen LogP contribution in [0.15, 0.2) is 48.5 Å². The molecule has 0 saturated carbocycles. The quantitative estimate of drug-likeness (QED) is 0.761. The zero-order valence-corrected chi connectivity index (χ0v) is 12.5. The Labute approximate surface area is 125 Å². The van der Waals surface area contributed by atoms with Crippen molar-refractivity contribution in [3.8, 4) is 5.75 Å². The second kappa shape index (κ2) is 4.88. The molecular weight excluding hydrogens is 260 g/mol. The Morgan fingerprint density at radius 3 is 2.43 bits per heavy atom. The Morgan fingerprint density at radius 1 is 1.05 bits per heavy atom. The minimum atomic E-state index is -0.365. The molecule has 0 amide bonds. The number of rotatable bonds is 2. The highest BCUT2D eigenvalue weighted by Crippen LogP contribution is 2.39. The first-order chi connectivity index (χ1) is 9.98. The highest BCUT2D eigenvalue weighted by atomic mass is 16.5. The molecule has 0 bridgehead atoms. The molecule has 2 nitrogen and oxygen atoms in total. The van der Waals surface area contributed by atoms with E-state index in [-0.39, 0.29) is 5.60 Å². The van der Waals surface area contributed by atoms with Gasteiger partial charge in [0.1, 0.15) is 17.6 Å². The van der Waals surface area contributed by atoms with Crippen LogP contribution < -0.4 is 4.74 Å². The monoisotopic (exact) mass is 278 g/mol. The number of ether oxygens (including phenoxy) is 1. The van der Waals surface area contributed by atoms with Crippen molar-refractivity contribution in [1.29, 1.82) is 0 Å². The summed E-state index contributed by atoms with van der Waals surface area (Å²) in [6.07, 6.45) is 2.99. The number of hydrogen-bond acceptors (Lipinski definition) is 2. The molecule has 1 aliphatic heterocycles. The van der Waals surface area contributed by atoms with E-state index in [4.69, 9.17) is 4.74 Å². The molecule has 1 heterocycles. The summed E-state index contributed by atoms with van der Waals surface area (Å²) >= 11 is 0. The van der Waals surface area contributed by atoms with Gasteiger partial charge in [-0.25, -0.2) is 0 Å². The number of benzene rings is 2. The Bertz CT molecular complexity index is 722. The van der Waals surface area contributed by atoms with Crippen LogP contribution in [0.4, 0.5) is 0 Å². The minimum Gasteiger partial charge on any atom is -0.483 e. The third kappa shape index (κ3) is 2.62. The third-order valence-electron chi connectivity index (χ3n) is 3.66. The maximum Gasteiger partial charge on any atom is 0.150 e. The molecule has 2 aromatic carbocycles. The van der Waals surface area contributed by atoms with Crippen molar-refractivity contribution >= 4 is 11.9 Å². The van der Waals surface area contributed by atoms with E-state index in [1.807, 2.05) is 26.0 Å². The molecule has 0 fully saturated rings. The van der Waals surface area contributed by atoms with E-state index < -0.39 is 0 Å². The van der Waals surface area contributed by atoms with E-state index in [0.29, 0.717) is 5.56 Å². The van der Waals surface area contributed by atoms with Crippen LogP contribution in [0.3, 0.4) is 0 Å². The summed E-state index contributed by atoms with van der Waals surface area (Å²) in [5, 5.41) is 0. The molecule has 2 heteroatoms. The van der Waals surface area contributed by atoms with Crippen molar-refractivity contribution in [2.24, 2.45) is 0 Å². The van der Waals surface area contributed by atoms with Crippen molar-refractivity contribution in [1.82, 2.24) is 0 Å². The predicted octanol–water partition coefficient (Wildman–Crippen LogP) is 4.41. The SMILES string of the molecule is Cc1ccc(C2=CC(C)(C)Oc3ccc(C=O)cc32)cc1. The third-order valence-corrected chi connectivity index (χ3v) is 3.66. The van der Waals surface area contributed by atoms with Crippen LogP contribution in [0.1, 0.15) is 40.9 Å². The number of aldehydes is 1. The van der Waals surface area contributed by atoms with Crippen molar-refractivity contribution in [2.45, 2.75) is 26.4 Å². The van der Waals surface area contributed by atoms with Gasteiger partial charge in [-0.2, -0.15) is 0 Å². The van der Waals surface area contributed by atoms with Crippen LogP contribution in [0.2, 0.25) is 0 Å². The zero-order chi connectivity index (χ0) is 15.0. The van der Waals surface area contributed by atoms with Crippen molar-refractivity contribution in [2.75, 3.05) is 0 Å². The first-order valence-corrected chi connectivity index (χ1v) is 7.07. The fourth-order valence-electron chi connectivity index (χ4n) is 2.63. The Hall–Kier alpha value is -2.35. The molecule has 3 rings (SSSR count). The van der Waals surface area contributed by atoms with Gasteiger partial charge in [0.15, 0.2) is 0 Å². The highest BCUT2D eigenvalue weighted by Gasteiger charge is 2.27. The zero-order valence-electron chi connectivity index (χ0n) is 12.5. The van der Waals surface area contributed by atoms with Crippen LogP contribution in [0.5, 0.6) is 5.75 Å². The molecule has 0 radical (unpaired) electrons. The van der Waals surface area contributed by atoms with Gasteiger partial charge in [-0.3, -0.25) is 4.79 Å². The summed E-state index contributed by atoms with van der Waals surface area (Å²) < 4.78 is 6.00. The first-order valence-electron chi connectivity index (χ1n) is 7.07. The average Bonchev–Trinajstić information content (AvgIpc) is 2.46. The first kappa shape index (κ1) is 13.6. The van der Waals surface area contributed by atoms with Crippen molar-refractivity contribution < 1.29 is 9.53 Å². The Balaban J connectivity index is 2.19. The number of carbonyl (C=O) groups excluding carboxylic acids is 1. The van der Waals surface area contributed by atoms with Gasteiger partial charge < -0.3 is 4.74 Å². The standard InChI is InChI=1S/C19H18O2/c1-13-4-7-15(8-5-13)17-11-19(2,3)21-18-9-6-14(12-20)10-16(17)18/h4-12H,1-3H3. The summed E-state index contributed by atoms with van der Waals surface area (Å²) in [6.45, 7) is 6.15. The number of carbonyl (C=O) groups is 1. The molecule has 21 heavy (non-hydrogen) atoms. The van der Waals surface area contributed by atoms with Crippen LogP contribution in [-0.2, 0) is 0 Å². The molecule has 0 aromatic heterocycles. The lowest BCUT2D eigenvalue weighted by atomic mass is 9.89. The maximum absolute atomic E-state index is 11.0. The molecule has 0 atom stereocenters. The number of aryl methyl sites for hydroxylation is 1. The Morgan fingerprint density at radius 2 is 1.76 bits per heavy atom. The summed E-state index contributed by atoms with van der Waals surface area (Å²) in [7, 11) is 0. The highest BCUT2D eigenvalue weighted by molar-refractivity contribution is 5.87. The van der Waals surface area contributed by atoms with E-state index in [0.717, 1.165) is 28.7 Å². The fraction of sp³-hybridized carbons (Fsp3) is 0.211. The van der Waals surface area contributed by atoms with Gasteiger partial charge >= 0.3 is 0 Å². The van der Waals surface area contributed by atoms with Crippen LogP contribution in [0.25, 0.3) is 5.57 Å². The number of hydrogen-bond donors (Lipinski definition) is 0. The van der Waals surface area contributed by atoms with Gasteiger partial charge in [-0.15, -0.1) is 0 Å². The second-order valence-corrected chi connectivity index (χ2v) is 6.00. The van der Waals surface area contributed by atoms with Crippen LogP contribution in [-0.4, -0.2) is 11.9 Å². The summed E-state index contributed by atoms with van der Waals surface area (Å²) in [5.41, 5.74) is 4.76. The van der Waals surface area contributed by atoms with E-state index in [9.17, 15) is 4.79 Å². The molecule has 0 aliphatic carbocycles. The molecular formula is C19H18O2. The summed E-state index contributed by atoms with van der Waals surface area (Å²) in [5.74, 6) is 0.823. The topological polar surface area (TPSA) is 26.3 Å². The Kier molecular flexibility index (Phi) is 3.17. The molecule has 0 unspecified atom stereocenters. The number of fused-ring (bicyclic) bond motifs is 1. The maximum atomic E-state index is 11.0. The van der Waals surface area contributed by atoms with E-state index in [2.05, 4.69) is 37.3 Å².